The highest BCUT2D eigenvalue weighted by Gasteiger charge is 2.42. The van der Waals surface area contributed by atoms with E-state index in [2.05, 4.69) is 22.0 Å². The number of nitrogens with one attached hydrogen (secondary N) is 1. The van der Waals surface area contributed by atoms with Crippen molar-refractivity contribution in [2.24, 2.45) is 5.92 Å². The first kappa shape index (κ1) is 17.2. The number of fused-ring (bicyclic) bond motifs is 1. The molecule has 5 heteroatoms. The molecular formula is C18H33N3O2. The lowest BCUT2D eigenvalue weighted by Crippen LogP contribution is -2.66. The van der Waals surface area contributed by atoms with Crippen LogP contribution < -0.4 is 5.32 Å². The van der Waals surface area contributed by atoms with Crippen LogP contribution in [0.2, 0.25) is 0 Å². The van der Waals surface area contributed by atoms with Gasteiger partial charge < -0.3 is 15.0 Å². The van der Waals surface area contributed by atoms with Crippen molar-refractivity contribution in [3.63, 3.8) is 0 Å². The van der Waals surface area contributed by atoms with Crippen LogP contribution in [0, 0.1) is 5.92 Å². The number of hydrogen-bond acceptors (Lipinski definition) is 4. The van der Waals surface area contributed by atoms with E-state index >= 15 is 0 Å². The van der Waals surface area contributed by atoms with Crippen LogP contribution in [0.5, 0.6) is 0 Å². The maximum absolute atomic E-state index is 12.1. The second-order valence-electron chi connectivity index (χ2n) is 7.77. The van der Waals surface area contributed by atoms with Crippen molar-refractivity contribution in [2.45, 2.75) is 70.2 Å². The summed E-state index contributed by atoms with van der Waals surface area (Å²) in [7, 11) is 1.82. The molecule has 0 aromatic rings. The minimum absolute atomic E-state index is 0.257. The molecule has 0 bridgehead atoms. The van der Waals surface area contributed by atoms with Crippen LogP contribution in [0.1, 0.15) is 46.0 Å². The van der Waals surface area contributed by atoms with Crippen LogP contribution >= 0.6 is 0 Å². The zero-order chi connectivity index (χ0) is 16.4. The largest absolute Gasteiger partial charge is 0.380 e. The van der Waals surface area contributed by atoms with Gasteiger partial charge in [-0.15, -0.1) is 0 Å². The molecule has 1 aliphatic carbocycles. The van der Waals surface area contributed by atoms with E-state index in [-0.39, 0.29) is 5.91 Å². The van der Waals surface area contributed by atoms with Crippen molar-refractivity contribution in [3.05, 3.63) is 0 Å². The van der Waals surface area contributed by atoms with Gasteiger partial charge in [-0.1, -0.05) is 12.8 Å². The molecule has 4 unspecified atom stereocenters. The van der Waals surface area contributed by atoms with Crippen LogP contribution in [-0.2, 0) is 9.53 Å². The Hall–Kier alpha value is -0.650. The number of carbonyl (C=O) groups is 1. The van der Waals surface area contributed by atoms with Gasteiger partial charge in [-0.3, -0.25) is 9.69 Å². The number of hydrogen-bond donors (Lipinski definition) is 1. The molecule has 0 radical (unpaired) electrons. The van der Waals surface area contributed by atoms with Gasteiger partial charge in [-0.25, -0.2) is 0 Å². The normalized spacial score (nSPS) is 39.1. The molecule has 132 valence electrons. The van der Waals surface area contributed by atoms with E-state index in [0.717, 1.165) is 32.6 Å². The fourth-order valence-corrected chi connectivity index (χ4v) is 5.12. The number of nitrogens with zero attached hydrogens (tertiary/aromatic N) is 2. The number of piperazine rings is 1. The highest BCUT2D eigenvalue weighted by molar-refractivity contribution is 5.74. The quantitative estimate of drug-likeness (QED) is 0.854. The zero-order valence-corrected chi connectivity index (χ0v) is 15.0. The molecule has 3 fully saturated rings. The van der Waals surface area contributed by atoms with Crippen molar-refractivity contribution in [2.75, 3.05) is 33.3 Å². The summed E-state index contributed by atoms with van der Waals surface area (Å²) in [6, 6.07) is 1.33. The number of methoxy groups -OCH3 is 1. The third kappa shape index (κ3) is 3.72. The number of rotatable bonds is 3. The summed E-state index contributed by atoms with van der Waals surface area (Å²) in [6.07, 6.45) is 6.50. The van der Waals surface area contributed by atoms with E-state index in [9.17, 15) is 4.79 Å². The fraction of sp³-hybridized carbons (Fsp3) is 0.944. The van der Waals surface area contributed by atoms with Crippen LogP contribution in [0.4, 0.5) is 0 Å². The fourth-order valence-electron chi connectivity index (χ4n) is 5.12. The van der Waals surface area contributed by atoms with Gasteiger partial charge in [0.2, 0.25) is 5.91 Å². The Bertz CT molecular complexity index is 417. The van der Waals surface area contributed by atoms with Gasteiger partial charge in [0.1, 0.15) is 0 Å². The molecular weight excluding hydrogens is 290 g/mol. The van der Waals surface area contributed by atoms with Gasteiger partial charge in [0.05, 0.1) is 6.10 Å². The Balaban J connectivity index is 1.68. The number of piperidine rings is 1. The van der Waals surface area contributed by atoms with Crippen molar-refractivity contribution >= 4 is 5.91 Å². The molecule has 5 nitrogen and oxygen atoms in total. The Morgan fingerprint density at radius 1 is 1.22 bits per heavy atom. The average Bonchev–Trinajstić information content (AvgIpc) is 2.54. The Morgan fingerprint density at radius 2 is 1.96 bits per heavy atom. The van der Waals surface area contributed by atoms with Crippen molar-refractivity contribution < 1.29 is 9.53 Å². The van der Waals surface area contributed by atoms with Gasteiger partial charge in [0.15, 0.2) is 0 Å². The monoisotopic (exact) mass is 323 g/mol. The van der Waals surface area contributed by atoms with Gasteiger partial charge in [-0.05, 0) is 38.6 Å². The molecule has 0 aromatic carbocycles. The Kier molecular flexibility index (Phi) is 5.60. The van der Waals surface area contributed by atoms with Gasteiger partial charge in [0.25, 0.3) is 0 Å². The minimum Gasteiger partial charge on any atom is -0.380 e. The van der Waals surface area contributed by atoms with Gasteiger partial charge >= 0.3 is 0 Å². The lowest BCUT2D eigenvalue weighted by Gasteiger charge is -2.53. The summed E-state index contributed by atoms with van der Waals surface area (Å²) in [4.78, 5) is 17.0. The first-order chi connectivity index (χ1) is 11.1. The molecule has 1 amide bonds. The average molecular weight is 323 g/mol. The SMILES string of the molecule is COC1CNCC(CN2C[C@H](C)N(C(C)=O)C3CCCCC32)C1. The summed E-state index contributed by atoms with van der Waals surface area (Å²) in [5.74, 6) is 0.917. The van der Waals surface area contributed by atoms with Crippen molar-refractivity contribution in [1.29, 1.82) is 0 Å². The van der Waals surface area contributed by atoms with E-state index < -0.39 is 0 Å². The molecule has 2 heterocycles. The van der Waals surface area contributed by atoms with Crippen LogP contribution in [-0.4, -0.2) is 73.2 Å². The highest BCUT2D eigenvalue weighted by Crippen LogP contribution is 2.33. The summed E-state index contributed by atoms with van der Waals surface area (Å²) < 4.78 is 5.55. The lowest BCUT2D eigenvalue weighted by molar-refractivity contribution is -0.142. The van der Waals surface area contributed by atoms with Gasteiger partial charge in [-0.2, -0.15) is 0 Å². The van der Waals surface area contributed by atoms with E-state index in [1.54, 1.807) is 6.92 Å². The van der Waals surface area contributed by atoms with Crippen LogP contribution in [0.3, 0.4) is 0 Å². The zero-order valence-electron chi connectivity index (χ0n) is 15.0. The lowest BCUT2D eigenvalue weighted by atomic mass is 9.83. The van der Waals surface area contributed by atoms with Crippen molar-refractivity contribution in [1.82, 2.24) is 15.1 Å². The number of amides is 1. The van der Waals surface area contributed by atoms with Gasteiger partial charge in [0, 0.05) is 51.8 Å². The third-order valence-electron chi connectivity index (χ3n) is 6.08. The molecule has 3 rings (SSSR count). The summed E-state index contributed by atoms with van der Waals surface area (Å²) in [6.45, 7) is 8.20. The third-order valence-corrected chi connectivity index (χ3v) is 6.08. The molecule has 3 aliphatic rings. The second kappa shape index (κ2) is 7.49. The summed E-state index contributed by atoms with van der Waals surface area (Å²) >= 11 is 0. The smallest absolute Gasteiger partial charge is 0.220 e. The van der Waals surface area contributed by atoms with Crippen molar-refractivity contribution in [3.8, 4) is 0 Å². The molecule has 2 aliphatic heterocycles. The van der Waals surface area contributed by atoms with E-state index in [1.807, 2.05) is 7.11 Å². The molecule has 0 spiro atoms. The molecule has 1 saturated carbocycles. The molecule has 23 heavy (non-hydrogen) atoms. The molecule has 0 aromatic heterocycles. The topological polar surface area (TPSA) is 44.8 Å². The number of ether oxygens (including phenoxy) is 1. The first-order valence-corrected chi connectivity index (χ1v) is 9.36. The first-order valence-electron chi connectivity index (χ1n) is 9.36. The predicted molar refractivity (Wildman–Crippen MR) is 91.4 cm³/mol. The highest BCUT2D eigenvalue weighted by atomic mass is 16.5. The summed E-state index contributed by atoms with van der Waals surface area (Å²) in [5.41, 5.74) is 0. The maximum Gasteiger partial charge on any atom is 0.220 e. The molecule has 1 N–H and O–H groups in total. The summed E-state index contributed by atoms with van der Waals surface area (Å²) in [5, 5.41) is 3.52. The standard InChI is InChI=1S/C18H33N3O2/c1-13-11-20(12-15-8-16(23-3)10-19-9-15)17-6-4-5-7-18(17)21(13)14(2)22/h13,15-19H,4-12H2,1-3H3/t13-,15?,16?,17?,18?/m0/s1. The van der Waals surface area contributed by atoms with Crippen LogP contribution in [0.15, 0.2) is 0 Å². The predicted octanol–water partition coefficient (Wildman–Crippen LogP) is 1.47. The minimum atomic E-state index is 0.257. The second-order valence-corrected chi connectivity index (χ2v) is 7.77. The van der Waals surface area contributed by atoms with E-state index in [0.29, 0.717) is 30.1 Å². The van der Waals surface area contributed by atoms with Crippen LogP contribution in [0.25, 0.3) is 0 Å². The Labute approximate surface area is 140 Å². The number of carbonyl (C=O) groups excluding carboxylic acids is 1. The maximum atomic E-state index is 12.1. The van der Waals surface area contributed by atoms with E-state index in [4.69, 9.17) is 4.74 Å². The van der Waals surface area contributed by atoms with E-state index in [1.165, 1.54) is 25.7 Å². The molecule has 5 atom stereocenters. The Morgan fingerprint density at radius 3 is 2.65 bits per heavy atom. The molecule has 2 saturated heterocycles.